The van der Waals surface area contributed by atoms with Crippen molar-refractivity contribution in [3.05, 3.63) is 71.8 Å². The second-order valence-corrected chi connectivity index (χ2v) is 4.99. The minimum absolute atomic E-state index is 0.317. The van der Waals surface area contributed by atoms with Crippen LogP contribution in [0.3, 0.4) is 0 Å². The molecule has 114 valence electrons. The molecule has 0 aliphatic rings. The number of esters is 1. The number of hydrogen-bond donors (Lipinski definition) is 0. The van der Waals surface area contributed by atoms with Gasteiger partial charge in [-0.2, -0.15) is 0 Å². The summed E-state index contributed by atoms with van der Waals surface area (Å²) in [7, 11) is 2.05. The number of ether oxygens (including phenoxy) is 1. The van der Waals surface area contributed by atoms with E-state index in [1.165, 1.54) is 11.6 Å². The molecule has 0 aromatic heterocycles. The molecule has 2 aromatic rings. The zero-order valence-electron chi connectivity index (χ0n) is 13.0. The number of carbonyl (C=O) groups excluding carboxylic acids is 1. The van der Waals surface area contributed by atoms with Crippen molar-refractivity contribution in [3.63, 3.8) is 0 Å². The summed E-state index contributed by atoms with van der Waals surface area (Å²) in [4.78, 5) is 13.6. The van der Waals surface area contributed by atoms with E-state index < -0.39 is 0 Å². The van der Waals surface area contributed by atoms with Gasteiger partial charge >= 0.3 is 5.97 Å². The molecule has 0 N–H and O–H groups in total. The lowest BCUT2D eigenvalue weighted by Crippen LogP contribution is -2.17. The molecule has 2 rings (SSSR count). The third-order valence-electron chi connectivity index (χ3n) is 3.30. The van der Waals surface area contributed by atoms with Crippen LogP contribution in [0, 0.1) is 0 Å². The number of benzene rings is 2. The van der Waals surface area contributed by atoms with Crippen molar-refractivity contribution in [2.75, 3.05) is 18.6 Å². The van der Waals surface area contributed by atoms with E-state index in [9.17, 15) is 4.79 Å². The van der Waals surface area contributed by atoms with Crippen LogP contribution in [-0.4, -0.2) is 19.6 Å². The van der Waals surface area contributed by atoms with E-state index in [0.29, 0.717) is 6.61 Å². The Morgan fingerprint density at radius 1 is 1.09 bits per heavy atom. The third kappa shape index (κ3) is 4.48. The standard InChI is InChI=1S/C19H21NO2/c1-3-22-19(21)14-13-17-11-7-8-12-18(17)20(2)15-16-9-5-4-6-10-16/h4-14H,3,15H2,1-2H3/b14-13+. The van der Waals surface area contributed by atoms with Gasteiger partial charge in [-0.3, -0.25) is 0 Å². The van der Waals surface area contributed by atoms with Crippen LogP contribution < -0.4 is 4.90 Å². The van der Waals surface area contributed by atoms with Gasteiger partial charge in [0.15, 0.2) is 0 Å². The maximum Gasteiger partial charge on any atom is 0.330 e. The fourth-order valence-corrected chi connectivity index (χ4v) is 2.27. The number of para-hydroxylation sites is 1. The summed E-state index contributed by atoms with van der Waals surface area (Å²) in [6.07, 6.45) is 3.27. The maximum atomic E-state index is 11.5. The second-order valence-electron chi connectivity index (χ2n) is 4.99. The van der Waals surface area contributed by atoms with Crippen LogP contribution in [0.4, 0.5) is 5.69 Å². The van der Waals surface area contributed by atoms with Crippen molar-refractivity contribution < 1.29 is 9.53 Å². The Bertz CT molecular complexity index is 635. The highest BCUT2D eigenvalue weighted by atomic mass is 16.5. The number of nitrogens with zero attached hydrogens (tertiary/aromatic N) is 1. The van der Waals surface area contributed by atoms with Gasteiger partial charge in [0, 0.05) is 25.4 Å². The molecule has 2 aromatic carbocycles. The van der Waals surface area contributed by atoms with Gasteiger partial charge in [0.2, 0.25) is 0 Å². The van der Waals surface area contributed by atoms with E-state index in [1.807, 2.05) is 49.5 Å². The molecule has 0 spiro atoms. The monoisotopic (exact) mass is 295 g/mol. The largest absolute Gasteiger partial charge is 0.463 e. The Morgan fingerprint density at radius 2 is 1.77 bits per heavy atom. The van der Waals surface area contributed by atoms with Crippen molar-refractivity contribution in [3.8, 4) is 0 Å². The van der Waals surface area contributed by atoms with E-state index in [4.69, 9.17) is 4.74 Å². The zero-order valence-corrected chi connectivity index (χ0v) is 13.0. The van der Waals surface area contributed by atoms with Crippen molar-refractivity contribution in [1.82, 2.24) is 0 Å². The highest BCUT2D eigenvalue weighted by Crippen LogP contribution is 2.22. The van der Waals surface area contributed by atoms with Crippen molar-refractivity contribution in [2.24, 2.45) is 0 Å². The first-order valence-corrected chi connectivity index (χ1v) is 7.39. The second kappa shape index (κ2) is 8.03. The van der Waals surface area contributed by atoms with Crippen LogP contribution in [-0.2, 0) is 16.1 Å². The summed E-state index contributed by atoms with van der Waals surface area (Å²) >= 11 is 0. The number of rotatable bonds is 6. The molecule has 3 heteroatoms. The topological polar surface area (TPSA) is 29.5 Å². The SMILES string of the molecule is CCOC(=O)/C=C/c1ccccc1N(C)Cc1ccccc1. The third-order valence-corrected chi connectivity index (χ3v) is 3.30. The Balaban J connectivity index is 2.15. The van der Waals surface area contributed by atoms with Crippen molar-refractivity contribution in [2.45, 2.75) is 13.5 Å². The quantitative estimate of drug-likeness (QED) is 0.598. The average Bonchev–Trinajstić information content (AvgIpc) is 2.54. The van der Waals surface area contributed by atoms with Gasteiger partial charge in [0.25, 0.3) is 0 Å². The molecule has 0 bridgehead atoms. The Hall–Kier alpha value is -2.55. The summed E-state index contributed by atoms with van der Waals surface area (Å²) in [5, 5.41) is 0. The first kappa shape index (κ1) is 15.8. The summed E-state index contributed by atoms with van der Waals surface area (Å²) in [5.74, 6) is -0.317. The number of anilines is 1. The zero-order chi connectivity index (χ0) is 15.8. The molecule has 0 radical (unpaired) electrons. The molecule has 0 amide bonds. The molecule has 0 saturated carbocycles. The number of hydrogen-bond acceptors (Lipinski definition) is 3. The normalized spacial score (nSPS) is 10.6. The predicted octanol–water partition coefficient (Wildman–Crippen LogP) is 3.90. The predicted molar refractivity (Wildman–Crippen MR) is 90.7 cm³/mol. The van der Waals surface area contributed by atoms with E-state index in [0.717, 1.165) is 17.8 Å². The molecule has 0 saturated heterocycles. The minimum atomic E-state index is -0.317. The first-order chi connectivity index (χ1) is 10.7. The van der Waals surface area contributed by atoms with Crippen LogP contribution in [0.15, 0.2) is 60.7 Å². The van der Waals surface area contributed by atoms with Crippen molar-refractivity contribution >= 4 is 17.7 Å². The molecular formula is C19H21NO2. The van der Waals surface area contributed by atoms with E-state index in [-0.39, 0.29) is 5.97 Å². The molecule has 0 unspecified atom stereocenters. The molecule has 22 heavy (non-hydrogen) atoms. The summed E-state index contributed by atoms with van der Waals surface area (Å²) in [5.41, 5.74) is 3.31. The molecule has 0 aliphatic heterocycles. The molecule has 3 nitrogen and oxygen atoms in total. The van der Waals surface area contributed by atoms with Crippen molar-refractivity contribution in [1.29, 1.82) is 0 Å². The lowest BCUT2D eigenvalue weighted by atomic mass is 10.1. The van der Waals surface area contributed by atoms with E-state index in [2.05, 4.69) is 17.0 Å². The van der Waals surface area contributed by atoms with E-state index in [1.54, 1.807) is 13.0 Å². The summed E-state index contributed by atoms with van der Waals surface area (Å²) < 4.78 is 4.92. The van der Waals surface area contributed by atoms with Gasteiger partial charge in [-0.15, -0.1) is 0 Å². The summed E-state index contributed by atoms with van der Waals surface area (Å²) in [6, 6.07) is 18.3. The Kier molecular flexibility index (Phi) is 5.78. The van der Waals surface area contributed by atoms with Crippen LogP contribution >= 0.6 is 0 Å². The molecule has 0 heterocycles. The fraction of sp³-hybridized carbons (Fsp3) is 0.211. The average molecular weight is 295 g/mol. The van der Waals surface area contributed by atoms with Crippen LogP contribution in [0.2, 0.25) is 0 Å². The van der Waals surface area contributed by atoms with Gasteiger partial charge < -0.3 is 9.64 Å². The highest BCUT2D eigenvalue weighted by Gasteiger charge is 2.06. The molecular weight excluding hydrogens is 274 g/mol. The van der Waals surface area contributed by atoms with Gasteiger partial charge in [-0.05, 0) is 30.2 Å². The highest BCUT2D eigenvalue weighted by molar-refractivity contribution is 5.88. The fourth-order valence-electron chi connectivity index (χ4n) is 2.27. The van der Waals surface area contributed by atoms with Crippen LogP contribution in [0.5, 0.6) is 0 Å². The Labute approximate surface area is 131 Å². The molecule has 0 fully saturated rings. The van der Waals surface area contributed by atoms with Gasteiger partial charge in [0.1, 0.15) is 0 Å². The van der Waals surface area contributed by atoms with Crippen LogP contribution in [0.1, 0.15) is 18.1 Å². The van der Waals surface area contributed by atoms with E-state index >= 15 is 0 Å². The van der Waals surface area contributed by atoms with Gasteiger partial charge in [-0.25, -0.2) is 4.79 Å². The smallest absolute Gasteiger partial charge is 0.330 e. The first-order valence-electron chi connectivity index (χ1n) is 7.39. The number of carbonyl (C=O) groups is 1. The van der Waals surface area contributed by atoms with Gasteiger partial charge in [0.05, 0.1) is 6.61 Å². The molecule has 0 atom stereocenters. The van der Waals surface area contributed by atoms with Gasteiger partial charge in [-0.1, -0.05) is 48.5 Å². The van der Waals surface area contributed by atoms with Crippen LogP contribution in [0.25, 0.3) is 6.08 Å². The maximum absolute atomic E-state index is 11.5. The Morgan fingerprint density at radius 3 is 2.50 bits per heavy atom. The minimum Gasteiger partial charge on any atom is -0.463 e. The summed E-state index contributed by atoms with van der Waals surface area (Å²) in [6.45, 7) is 3.00. The lowest BCUT2D eigenvalue weighted by Gasteiger charge is -2.21. The lowest BCUT2D eigenvalue weighted by molar-refractivity contribution is -0.137. The molecule has 0 aliphatic carbocycles.